The summed E-state index contributed by atoms with van der Waals surface area (Å²) in [6, 6.07) is 11.9. The lowest BCUT2D eigenvalue weighted by molar-refractivity contribution is 0.513. The number of fused-ring (bicyclic) bond motifs is 1. The van der Waals surface area contributed by atoms with E-state index in [0.717, 1.165) is 21.0 Å². The Labute approximate surface area is 114 Å². The molecular weight excluding hydrogens is 266 g/mol. The van der Waals surface area contributed by atoms with Crippen LogP contribution in [0, 0.1) is 0 Å². The van der Waals surface area contributed by atoms with Gasteiger partial charge in [0.1, 0.15) is 5.76 Å². The Balaban J connectivity index is 1.86. The maximum absolute atomic E-state index is 6.31. The smallest absolute Gasteiger partial charge is 0.125 e. The topological polar surface area (TPSA) is 25.5 Å². The first-order valence-corrected chi connectivity index (χ1v) is 6.73. The Morgan fingerprint density at radius 3 is 2.89 bits per heavy atom. The highest BCUT2D eigenvalue weighted by atomic mass is 35.5. The standard InChI is InChI=1S/C14H10ClNOS/c15-14-11-5-1-2-6-12(11)18-13(14)9-16-8-10-4-3-7-17-10/h1-7,9H,8H2. The van der Waals surface area contributed by atoms with Crippen LogP contribution in [0.1, 0.15) is 10.6 Å². The highest BCUT2D eigenvalue weighted by molar-refractivity contribution is 7.21. The molecule has 0 saturated carbocycles. The Morgan fingerprint density at radius 2 is 2.11 bits per heavy atom. The molecule has 2 heterocycles. The van der Waals surface area contributed by atoms with Gasteiger partial charge in [-0.15, -0.1) is 11.3 Å². The van der Waals surface area contributed by atoms with Gasteiger partial charge in [0.15, 0.2) is 0 Å². The molecule has 3 rings (SSSR count). The molecule has 2 nitrogen and oxygen atoms in total. The number of hydrogen-bond acceptors (Lipinski definition) is 3. The molecule has 0 saturated heterocycles. The van der Waals surface area contributed by atoms with Gasteiger partial charge in [-0.25, -0.2) is 0 Å². The van der Waals surface area contributed by atoms with E-state index in [9.17, 15) is 0 Å². The predicted octanol–water partition coefficient (Wildman–Crippen LogP) is 4.77. The van der Waals surface area contributed by atoms with E-state index in [1.54, 1.807) is 17.6 Å². The second-order valence-corrected chi connectivity index (χ2v) is 5.29. The van der Waals surface area contributed by atoms with Crippen molar-refractivity contribution in [3.63, 3.8) is 0 Å². The van der Waals surface area contributed by atoms with E-state index >= 15 is 0 Å². The van der Waals surface area contributed by atoms with Crippen LogP contribution in [-0.4, -0.2) is 6.21 Å². The van der Waals surface area contributed by atoms with Gasteiger partial charge < -0.3 is 4.42 Å². The van der Waals surface area contributed by atoms with Gasteiger partial charge in [-0.3, -0.25) is 4.99 Å². The van der Waals surface area contributed by atoms with Crippen LogP contribution in [0.5, 0.6) is 0 Å². The molecule has 4 heteroatoms. The van der Waals surface area contributed by atoms with Crippen LogP contribution in [0.4, 0.5) is 0 Å². The van der Waals surface area contributed by atoms with Crippen LogP contribution in [0.3, 0.4) is 0 Å². The van der Waals surface area contributed by atoms with Crippen LogP contribution < -0.4 is 0 Å². The van der Waals surface area contributed by atoms with Crippen molar-refractivity contribution in [3.05, 3.63) is 58.3 Å². The van der Waals surface area contributed by atoms with Gasteiger partial charge in [0.25, 0.3) is 0 Å². The summed E-state index contributed by atoms with van der Waals surface area (Å²) < 4.78 is 6.40. The fraction of sp³-hybridized carbons (Fsp3) is 0.0714. The molecular formula is C14H10ClNOS. The number of thiophene rings is 1. The van der Waals surface area contributed by atoms with Crippen LogP contribution in [0.25, 0.3) is 10.1 Å². The van der Waals surface area contributed by atoms with Crippen LogP contribution in [0.15, 0.2) is 52.1 Å². The normalized spacial score (nSPS) is 11.6. The molecule has 0 aliphatic rings. The summed E-state index contributed by atoms with van der Waals surface area (Å²) in [7, 11) is 0. The third kappa shape index (κ3) is 2.19. The highest BCUT2D eigenvalue weighted by Crippen LogP contribution is 2.33. The molecule has 0 aliphatic carbocycles. The lowest BCUT2D eigenvalue weighted by Crippen LogP contribution is -1.79. The molecule has 0 atom stereocenters. The first-order chi connectivity index (χ1) is 8.84. The van der Waals surface area contributed by atoms with E-state index in [-0.39, 0.29) is 0 Å². The lowest BCUT2D eigenvalue weighted by atomic mass is 10.2. The van der Waals surface area contributed by atoms with Crippen molar-refractivity contribution in [3.8, 4) is 0 Å². The van der Waals surface area contributed by atoms with E-state index in [1.807, 2.05) is 36.5 Å². The second-order valence-electron chi connectivity index (χ2n) is 3.83. The molecule has 2 aromatic heterocycles. The average Bonchev–Trinajstić information content (AvgIpc) is 3.00. The minimum Gasteiger partial charge on any atom is -0.467 e. The molecule has 0 fully saturated rings. The van der Waals surface area contributed by atoms with Gasteiger partial charge in [-0.05, 0) is 18.2 Å². The number of nitrogens with zero attached hydrogens (tertiary/aromatic N) is 1. The molecule has 18 heavy (non-hydrogen) atoms. The van der Waals surface area contributed by atoms with E-state index in [4.69, 9.17) is 16.0 Å². The summed E-state index contributed by atoms with van der Waals surface area (Å²) >= 11 is 7.96. The van der Waals surface area contributed by atoms with Crippen LogP contribution in [-0.2, 0) is 6.54 Å². The predicted molar refractivity (Wildman–Crippen MR) is 76.8 cm³/mol. The molecule has 3 aromatic rings. The summed E-state index contributed by atoms with van der Waals surface area (Å²) in [5, 5.41) is 1.86. The molecule has 0 amide bonds. The fourth-order valence-electron chi connectivity index (χ4n) is 1.74. The Hall–Kier alpha value is -1.58. The molecule has 0 bridgehead atoms. The maximum Gasteiger partial charge on any atom is 0.125 e. The number of hydrogen-bond donors (Lipinski definition) is 0. The van der Waals surface area contributed by atoms with Gasteiger partial charge >= 0.3 is 0 Å². The third-order valence-electron chi connectivity index (χ3n) is 2.60. The average molecular weight is 276 g/mol. The van der Waals surface area contributed by atoms with Crippen molar-refractivity contribution < 1.29 is 4.42 Å². The quantitative estimate of drug-likeness (QED) is 0.632. The van der Waals surface area contributed by atoms with E-state index in [2.05, 4.69) is 11.1 Å². The number of benzene rings is 1. The zero-order valence-corrected chi connectivity index (χ0v) is 11.0. The number of furan rings is 1. The summed E-state index contributed by atoms with van der Waals surface area (Å²) in [6.45, 7) is 0.539. The van der Waals surface area contributed by atoms with E-state index in [1.165, 1.54) is 4.70 Å². The summed E-state index contributed by atoms with van der Waals surface area (Å²) in [5.74, 6) is 0.850. The SMILES string of the molecule is Clc1c(C=NCc2ccco2)sc2ccccc12. The largest absolute Gasteiger partial charge is 0.467 e. The Kier molecular flexibility index (Phi) is 3.17. The molecule has 0 spiro atoms. The molecule has 0 aliphatic heterocycles. The first-order valence-electron chi connectivity index (χ1n) is 5.54. The maximum atomic E-state index is 6.31. The van der Waals surface area contributed by atoms with Crippen molar-refractivity contribution in [1.29, 1.82) is 0 Å². The van der Waals surface area contributed by atoms with Gasteiger partial charge in [0.2, 0.25) is 0 Å². The van der Waals surface area contributed by atoms with Gasteiger partial charge in [0, 0.05) is 16.3 Å². The second kappa shape index (κ2) is 4.96. The number of rotatable bonds is 3. The first kappa shape index (κ1) is 11.5. The van der Waals surface area contributed by atoms with Crippen LogP contribution >= 0.6 is 22.9 Å². The van der Waals surface area contributed by atoms with Crippen molar-refractivity contribution in [2.24, 2.45) is 4.99 Å². The number of aliphatic imine (C=N–C) groups is 1. The molecule has 1 aromatic carbocycles. The van der Waals surface area contributed by atoms with Gasteiger partial charge in [0.05, 0.1) is 22.7 Å². The molecule has 0 unspecified atom stereocenters. The minimum atomic E-state index is 0.539. The highest BCUT2D eigenvalue weighted by Gasteiger charge is 2.07. The zero-order valence-electron chi connectivity index (χ0n) is 9.47. The van der Waals surface area contributed by atoms with Crippen molar-refractivity contribution in [1.82, 2.24) is 0 Å². The lowest BCUT2D eigenvalue weighted by Gasteiger charge is -1.89. The van der Waals surface area contributed by atoms with E-state index in [0.29, 0.717) is 6.54 Å². The van der Waals surface area contributed by atoms with Gasteiger partial charge in [-0.2, -0.15) is 0 Å². The molecule has 0 N–H and O–H groups in total. The summed E-state index contributed by atoms with van der Waals surface area (Å²) in [5.41, 5.74) is 0. The van der Waals surface area contributed by atoms with Crippen molar-refractivity contribution in [2.45, 2.75) is 6.54 Å². The summed E-state index contributed by atoms with van der Waals surface area (Å²) in [4.78, 5) is 5.34. The third-order valence-corrected chi connectivity index (χ3v) is 4.22. The fourth-order valence-corrected chi connectivity index (χ4v) is 3.11. The van der Waals surface area contributed by atoms with Crippen LogP contribution in [0.2, 0.25) is 5.02 Å². The van der Waals surface area contributed by atoms with Crippen molar-refractivity contribution >= 4 is 39.2 Å². The minimum absolute atomic E-state index is 0.539. The van der Waals surface area contributed by atoms with Gasteiger partial charge in [-0.1, -0.05) is 29.8 Å². The van der Waals surface area contributed by atoms with E-state index < -0.39 is 0 Å². The zero-order chi connectivity index (χ0) is 12.4. The molecule has 0 radical (unpaired) electrons. The van der Waals surface area contributed by atoms with Crippen molar-refractivity contribution in [2.75, 3.05) is 0 Å². The summed E-state index contributed by atoms with van der Waals surface area (Å²) in [6.07, 6.45) is 3.47. The Bertz CT molecular complexity index is 685. The Morgan fingerprint density at radius 1 is 1.22 bits per heavy atom. The monoisotopic (exact) mass is 275 g/mol. The number of halogens is 1. The molecule has 90 valence electrons.